The van der Waals surface area contributed by atoms with Crippen LogP contribution in [0.4, 0.5) is 5.69 Å². The van der Waals surface area contributed by atoms with Gasteiger partial charge in [0.2, 0.25) is 0 Å². The molecule has 0 aliphatic carbocycles. The average Bonchev–Trinajstić information content (AvgIpc) is 2.42. The smallest absolute Gasteiger partial charge is 0.0793 e. The van der Waals surface area contributed by atoms with E-state index in [4.69, 9.17) is 10.00 Å². The molecular weight excluding hydrogens is 236 g/mol. The van der Waals surface area contributed by atoms with E-state index in [9.17, 15) is 0 Å². The van der Waals surface area contributed by atoms with Crippen molar-refractivity contribution in [1.82, 2.24) is 0 Å². The highest BCUT2D eigenvalue weighted by atomic mass is 16.5. The standard InChI is InChI=1S/C16H24N2O/c1-13(19-4)14-7-5-8-15(11-14)18-12-16(2,3)9-6-10-17/h5,7-8,11,13,18H,6,9,12H2,1-4H3. The van der Waals surface area contributed by atoms with Gasteiger partial charge < -0.3 is 10.1 Å². The first-order chi connectivity index (χ1) is 8.98. The van der Waals surface area contributed by atoms with Crippen LogP contribution in [0, 0.1) is 16.7 Å². The normalized spacial score (nSPS) is 12.8. The highest BCUT2D eigenvalue weighted by Gasteiger charge is 2.17. The van der Waals surface area contributed by atoms with Gasteiger partial charge in [0.15, 0.2) is 0 Å². The van der Waals surface area contributed by atoms with Gasteiger partial charge in [-0.1, -0.05) is 26.0 Å². The van der Waals surface area contributed by atoms with Crippen LogP contribution in [-0.4, -0.2) is 13.7 Å². The summed E-state index contributed by atoms with van der Waals surface area (Å²) < 4.78 is 5.33. The van der Waals surface area contributed by atoms with E-state index in [1.165, 1.54) is 5.56 Å². The lowest BCUT2D eigenvalue weighted by Crippen LogP contribution is -2.22. The SMILES string of the molecule is COC(C)c1cccc(NCC(C)(C)CCC#N)c1. The highest BCUT2D eigenvalue weighted by Crippen LogP contribution is 2.24. The van der Waals surface area contributed by atoms with Crippen LogP contribution in [0.2, 0.25) is 0 Å². The Labute approximate surface area is 116 Å². The predicted octanol–water partition coefficient (Wildman–Crippen LogP) is 4.14. The van der Waals surface area contributed by atoms with E-state index in [0.717, 1.165) is 18.7 Å². The number of nitriles is 1. The second-order valence-corrected chi connectivity index (χ2v) is 5.68. The van der Waals surface area contributed by atoms with Gasteiger partial charge in [-0.25, -0.2) is 0 Å². The van der Waals surface area contributed by atoms with Crippen LogP contribution in [0.5, 0.6) is 0 Å². The molecule has 0 bridgehead atoms. The van der Waals surface area contributed by atoms with Gasteiger partial charge in [-0.15, -0.1) is 0 Å². The molecule has 19 heavy (non-hydrogen) atoms. The van der Waals surface area contributed by atoms with Crippen LogP contribution in [0.1, 0.15) is 45.3 Å². The van der Waals surface area contributed by atoms with Crippen LogP contribution in [-0.2, 0) is 4.74 Å². The molecule has 1 N–H and O–H groups in total. The van der Waals surface area contributed by atoms with E-state index >= 15 is 0 Å². The molecule has 0 aliphatic heterocycles. The van der Waals surface area contributed by atoms with Crippen molar-refractivity contribution in [3.05, 3.63) is 29.8 Å². The Morgan fingerprint density at radius 3 is 2.79 bits per heavy atom. The maximum Gasteiger partial charge on any atom is 0.0793 e. The van der Waals surface area contributed by atoms with E-state index in [1.54, 1.807) is 7.11 Å². The minimum absolute atomic E-state index is 0.105. The lowest BCUT2D eigenvalue weighted by Gasteiger charge is -2.24. The monoisotopic (exact) mass is 260 g/mol. The first-order valence-electron chi connectivity index (χ1n) is 6.72. The summed E-state index contributed by atoms with van der Waals surface area (Å²) in [6.45, 7) is 7.26. The number of rotatable bonds is 7. The maximum absolute atomic E-state index is 8.66. The quantitative estimate of drug-likeness (QED) is 0.801. The lowest BCUT2D eigenvalue weighted by atomic mass is 9.88. The Morgan fingerprint density at radius 2 is 2.16 bits per heavy atom. The van der Waals surface area contributed by atoms with Crippen molar-refractivity contribution in [3.8, 4) is 6.07 Å². The molecule has 0 spiro atoms. The topological polar surface area (TPSA) is 45.0 Å². The van der Waals surface area contributed by atoms with Crippen LogP contribution in [0.25, 0.3) is 0 Å². The van der Waals surface area contributed by atoms with Crippen molar-refractivity contribution in [2.75, 3.05) is 19.0 Å². The molecule has 0 saturated carbocycles. The first-order valence-corrected chi connectivity index (χ1v) is 6.72. The van der Waals surface area contributed by atoms with E-state index in [0.29, 0.717) is 6.42 Å². The summed E-state index contributed by atoms with van der Waals surface area (Å²) in [5, 5.41) is 12.1. The Bertz CT molecular complexity index is 435. The Morgan fingerprint density at radius 1 is 1.42 bits per heavy atom. The van der Waals surface area contributed by atoms with Crippen LogP contribution in [0.15, 0.2) is 24.3 Å². The number of benzene rings is 1. The summed E-state index contributed by atoms with van der Waals surface area (Å²) in [5.74, 6) is 0. The fraction of sp³-hybridized carbons (Fsp3) is 0.562. The molecule has 3 heteroatoms. The van der Waals surface area contributed by atoms with Crippen molar-refractivity contribution in [1.29, 1.82) is 5.26 Å². The van der Waals surface area contributed by atoms with Gasteiger partial charge in [-0.3, -0.25) is 0 Å². The molecule has 0 aliphatic rings. The number of anilines is 1. The van der Waals surface area contributed by atoms with Crippen LogP contribution < -0.4 is 5.32 Å². The van der Waals surface area contributed by atoms with Crippen molar-refractivity contribution in [3.63, 3.8) is 0 Å². The molecule has 0 heterocycles. The third kappa shape index (κ3) is 5.32. The second kappa shape index (κ2) is 7.16. The maximum atomic E-state index is 8.66. The van der Waals surface area contributed by atoms with Crippen molar-refractivity contribution in [2.45, 2.75) is 39.7 Å². The summed E-state index contributed by atoms with van der Waals surface area (Å²) in [5.41, 5.74) is 2.40. The first kappa shape index (κ1) is 15.5. The van der Waals surface area contributed by atoms with Gasteiger partial charge in [-0.05, 0) is 36.5 Å². The summed E-state index contributed by atoms with van der Waals surface area (Å²) in [6, 6.07) is 10.5. The molecule has 1 aromatic carbocycles. The molecule has 1 aromatic rings. The van der Waals surface area contributed by atoms with Gasteiger partial charge in [0.05, 0.1) is 12.2 Å². The highest BCUT2D eigenvalue weighted by molar-refractivity contribution is 5.46. The summed E-state index contributed by atoms with van der Waals surface area (Å²) >= 11 is 0. The van der Waals surface area contributed by atoms with Crippen molar-refractivity contribution in [2.24, 2.45) is 5.41 Å². The minimum Gasteiger partial charge on any atom is -0.384 e. The Hall–Kier alpha value is -1.53. The molecule has 1 rings (SSSR count). The molecule has 3 nitrogen and oxygen atoms in total. The molecule has 0 radical (unpaired) electrons. The Kier molecular flexibility index (Phi) is 5.85. The zero-order chi connectivity index (χ0) is 14.3. The van der Waals surface area contributed by atoms with E-state index in [-0.39, 0.29) is 11.5 Å². The molecule has 0 saturated heterocycles. The Balaban J connectivity index is 2.60. The van der Waals surface area contributed by atoms with Crippen molar-refractivity contribution >= 4 is 5.69 Å². The largest absolute Gasteiger partial charge is 0.384 e. The average molecular weight is 260 g/mol. The number of methoxy groups -OCH3 is 1. The summed E-state index contributed by atoms with van der Waals surface area (Å²) in [6.07, 6.45) is 1.62. The molecule has 1 unspecified atom stereocenters. The van der Waals surface area contributed by atoms with Gasteiger partial charge in [0.25, 0.3) is 0 Å². The predicted molar refractivity (Wildman–Crippen MR) is 79.0 cm³/mol. The van der Waals surface area contributed by atoms with Gasteiger partial charge >= 0.3 is 0 Å². The fourth-order valence-corrected chi connectivity index (χ4v) is 1.86. The number of ether oxygens (including phenoxy) is 1. The number of hydrogen-bond donors (Lipinski definition) is 1. The third-order valence-corrected chi connectivity index (χ3v) is 3.39. The van der Waals surface area contributed by atoms with Crippen LogP contribution in [0.3, 0.4) is 0 Å². The number of hydrogen-bond acceptors (Lipinski definition) is 3. The lowest BCUT2D eigenvalue weighted by molar-refractivity contribution is 0.119. The fourth-order valence-electron chi connectivity index (χ4n) is 1.86. The second-order valence-electron chi connectivity index (χ2n) is 5.68. The molecule has 104 valence electrons. The number of nitrogens with zero attached hydrogens (tertiary/aromatic N) is 1. The van der Waals surface area contributed by atoms with Gasteiger partial charge in [0, 0.05) is 25.8 Å². The molecule has 0 fully saturated rings. The van der Waals surface area contributed by atoms with Gasteiger partial charge in [0.1, 0.15) is 0 Å². The zero-order valence-corrected chi connectivity index (χ0v) is 12.4. The van der Waals surface area contributed by atoms with Gasteiger partial charge in [-0.2, -0.15) is 5.26 Å². The van der Waals surface area contributed by atoms with E-state index in [1.807, 2.05) is 13.0 Å². The molecule has 0 amide bonds. The summed E-state index contributed by atoms with van der Waals surface area (Å²) in [4.78, 5) is 0. The van der Waals surface area contributed by atoms with E-state index < -0.39 is 0 Å². The molecule has 0 aromatic heterocycles. The molecular formula is C16H24N2O. The number of nitrogens with one attached hydrogen (secondary N) is 1. The minimum atomic E-state index is 0.105. The van der Waals surface area contributed by atoms with Crippen molar-refractivity contribution < 1.29 is 4.74 Å². The third-order valence-electron chi connectivity index (χ3n) is 3.39. The van der Waals surface area contributed by atoms with Crippen LogP contribution >= 0.6 is 0 Å². The van der Waals surface area contributed by atoms with E-state index in [2.05, 4.69) is 43.4 Å². The zero-order valence-electron chi connectivity index (χ0n) is 12.4. The summed E-state index contributed by atoms with van der Waals surface area (Å²) in [7, 11) is 1.72. The molecule has 1 atom stereocenters.